The Morgan fingerprint density at radius 1 is 1.20 bits per heavy atom. The molecule has 0 saturated heterocycles. The van der Waals surface area contributed by atoms with Crippen LogP contribution < -0.4 is 10.1 Å². The SMILES string of the molecule is CCOc1ccccc1C(NC)C1CCCCC1CC. The lowest BCUT2D eigenvalue weighted by atomic mass is 9.72. The second-order valence-electron chi connectivity index (χ2n) is 5.85. The summed E-state index contributed by atoms with van der Waals surface area (Å²) >= 11 is 0. The van der Waals surface area contributed by atoms with E-state index in [1.54, 1.807) is 0 Å². The number of benzene rings is 1. The third-order valence-electron chi connectivity index (χ3n) is 4.79. The molecular formula is C18H29NO. The van der Waals surface area contributed by atoms with Crippen molar-refractivity contribution in [1.82, 2.24) is 5.32 Å². The maximum Gasteiger partial charge on any atom is 0.124 e. The molecule has 0 aliphatic heterocycles. The van der Waals surface area contributed by atoms with Gasteiger partial charge in [-0.15, -0.1) is 0 Å². The average molecular weight is 275 g/mol. The van der Waals surface area contributed by atoms with Crippen LogP contribution in [0.15, 0.2) is 24.3 Å². The van der Waals surface area contributed by atoms with Crippen LogP contribution in [0.2, 0.25) is 0 Å². The second kappa shape index (κ2) is 7.68. The summed E-state index contributed by atoms with van der Waals surface area (Å²) in [5, 5.41) is 3.57. The highest BCUT2D eigenvalue weighted by molar-refractivity contribution is 5.36. The van der Waals surface area contributed by atoms with Crippen LogP contribution in [0.3, 0.4) is 0 Å². The number of rotatable bonds is 6. The number of hydrogen-bond donors (Lipinski definition) is 1. The monoisotopic (exact) mass is 275 g/mol. The lowest BCUT2D eigenvalue weighted by Crippen LogP contribution is -2.32. The fourth-order valence-electron chi connectivity index (χ4n) is 3.81. The summed E-state index contributed by atoms with van der Waals surface area (Å²) in [6.07, 6.45) is 6.79. The first-order valence-corrected chi connectivity index (χ1v) is 8.20. The molecule has 1 aliphatic rings. The Balaban J connectivity index is 2.26. The predicted octanol–water partition coefficient (Wildman–Crippen LogP) is 4.56. The van der Waals surface area contributed by atoms with Crippen molar-refractivity contribution in [3.8, 4) is 5.75 Å². The molecule has 20 heavy (non-hydrogen) atoms. The Labute approximate surface area is 123 Å². The maximum absolute atomic E-state index is 5.84. The summed E-state index contributed by atoms with van der Waals surface area (Å²) in [5.41, 5.74) is 1.34. The highest BCUT2D eigenvalue weighted by Gasteiger charge is 2.32. The molecule has 0 aromatic heterocycles. The van der Waals surface area contributed by atoms with Gasteiger partial charge in [0.1, 0.15) is 5.75 Å². The Hall–Kier alpha value is -1.02. The molecule has 1 aromatic rings. The molecule has 1 N–H and O–H groups in total. The third-order valence-corrected chi connectivity index (χ3v) is 4.79. The molecule has 0 spiro atoms. The van der Waals surface area contributed by atoms with E-state index < -0.39 is 0 Å². The van der Waals surface area contributed by atoms with Crippen molar-refractivity contribution in [3.05, 3.63) is 29.8 Å². The minimum atomic E-state index is 0.419. The van der Waals surface area contributed by atoms with Crippen molar-refractivity contribution < 1.29 is 4.74 Å². The number of hydrogen-bond acceptors (Lipinski definition) is 2. The van der Waals surface area contributed by atoms with E-state index in [1.165, 1.54) is 37.7 Å². The minimum absolute atomic E-state index is 0.419. The molecule has 0 bridgehead atoms. The maximum atomic E-state index is 5.84. The fraction of sp³-hybridized carbons (Fsp3) is 0.667. The van der Waals surface area contributed by atoms with Crippen LogP contribution in [0.1, 0.15) is 57.6 Å². The van der Waals surface area contributed by atoms with E-state index in [-0.39, 0.29) is 0 Å². The van der Waals surface area contributed by atoms with Gasteiger partial charge in [-0.2, -0.15) is 0 Å². The Kier molecular flexibility index (Phi) is 5.90. The lowest BCUT2D eigenvalue weighted by Gasteiger charge is -2.37. The summed E-state index contributed by atoms with van der Waals surface area (Å²) in [5.74, 6) is 2.63. The molecule has 1 fully saturated rings. The summed E-state index contributed by atoms with van der Waals surface area (Å²) in [4.78, 5) is 0. The van der Waals surface area contributed by atoms with Crippen molar-refractivity contribution >= 4 is 0 Å². The third kappa shape index (κ3) is 3.35. The number of para-hydroxylation sites is 1. The van der Waals surface area contributed by atoms with E-state index in [0.717, 1.165) is 24.2 Å². The van der Waals surface area contributed by atoms with E-state index in [4.69, 9.17) is 4.74 Å². The molecule has 2 rings (SSSR count). The summed E-state index contributed by atoms with van der Waals surface area (Å²) in [6, 6.07) is 8.95. The zero-order valence-corrected chi connectivity index (χ0v) is 13.2. The average Bonchev–Trinajstić information content (AvgIpc) is 2.50. The van der Waals surface area contributed by atoms with E-state index in [2.05, 4.69) is 50.5 Å². The van der Waals surface area contributed by atoms with Crippen molar-refractivity contribution in [2.75, 3.05) is 13.7 Å². The predicted molar refractivity (Wildman–Crippen MR) is 85.2 cm³/mol. The van der Waals surface area contributed by atoms with Gasteiger partial charge in [-0.25, -0.2) is 0 Å². The highest BCUT2D eigenvalue weighted by Crippen LogP contribution is 2.42. The molecule has 0 amide bonds. The minimum Gasteiger partial charge on any atom is -0.494 e. The Bertz CT molecular complexity index is 404. The lowest BCUT2D eigenvalue weighted by molar-refractivity contribution is 0.177. The largest absolute Gasteiger partial charge is 0.494 e. The van der Waals surface area contributed by atoms with Crippen LogP contribution in [-0.4, -0.2) is 13.7 Å². The molecular weight excluding hydrogens is 246 g/mol. The fourth-order valence-corrected chi connectivity index (χ4v) is 3.81. The molecule has 1 aliphatic carbocycles. The van der Waals surface area contributed by atoms with E-state index in [0.29, 0.717) is 6.04 Å². The van der Waals surface area contributed by atoms with Crippen LogP contribution in [-0.2, 0) is 0 Å². The molecule has 0 radical (unpaired) electrons. The van der Waals surface area contributed by atoms with E-state index >= 15 is 0 Å². The smallest absolute Gasteiger partial charge is 0.124 e. The van der Waals surface area contributed by atoms with Crippen molar-refractivity contribution in [2.45, 2.75) is 52.0 Å². The molecule has 3 unspecified atom stereocenters. The van der Waals surface area contributed by atoms with Gasteiger partial charge in [0.05, 0.1) is 6.61 Å². The zero-order valence-electron chi connectivity index (χ0n) is 13.2. The topological polar surface area (TPSA) is 21.3 Å². The van der Waals surface area contributed by atoms with Crippen LogP contribution >= 0.6 is 0 Å². The first-order chi connectivity index (χ1) is 9.81. The van der Waals surface area contributed by atoms with Gasteiger partial charge in [0.25, 0.3) is 0 Å². The van der Waals surface area contributed by atoms with Gasteiger partial charge in [-0.3, -0.25) is 0 Å². The van der Waals surface area contributed by atoms with Crippen LogP contribution in [0.25, 0.3) is 0 Å². The van der Waals surface area contributed by atoms with Gasteiger partial charge in [0.2, 0.25) is 0 Å². The van der Waals surface area contributed by atoms with Gasteiger partial charge >= 0.3 is 0 Å². The first-order valence-electron chi connectivity index (χ1n) is 8.20. The van der Waals surface area contributed by atoms with Gasteiger partial charge in [0, 0.05) is 11.6 Å². The molecule has 3 atom stereocenters. The second-order valence-corrected chi connectivity index (χ2v) is 5.85. The molecule has 1 saturated carbocycles. The van der Waals surface area contributed by atoms with Crippen molar-refractivity contribution in [1.29, 1.82) is 0 Å². The van der Waals surface area contributed by atoms with Crippen LogP contribution in [0.5, 0.6) is 5.75 Å². The van der Waals surface area contributed by atoms with E-state index in [9.17, 15) is 0 Å². The molecule has 0 heterocycles. The summed E-state index contributed by atoms with van der Waals surface area (Å²) < 4.78 is 5.84. The highest BCUT2D eigenvalue weighted by atomic mass is 16.5. The van der Waals surface area contributed by atoms with Gasteiger partial charge in [-0.05, 0) is 38.3 Å². The summed E-state index contributed by atoms with van der Waals surface area (Å²) in [7, 11) is 2.09. The van der Waals surface area contributed by atoms with Gasteiger partial charge in [-0.1, -0.05) is 50.8 Å². The molecule has 1 aromatic carbocycles. The van der Waals surface area contributed by atoms with E-state index in [1.807, 2.05) is 0 Å². The summed E-state index contributed by atoms with van der Waals surface area (Å²) in [6.45, 7) is 5.13. The quantitative estimate of drug-likeness (QED) is 0.821. The standard InChI is InChI=1S/C18H29NO/c1-4-14-10-6-7-11-15(14)18(19-3)16-12-8-9-13-17(16)20-5-2/h8-9,12-15,18-19H,4-7,10-11H2,1-3H3. The van der Waals surface area contributed by atoms with Gasteiger partial charge < -0.3 is 10.1 Å². The molecule has 2 nitrogen and oxygen atoms in total. The first kappa shape index (κ1) is 15.4. The normalized spacial score (nSPS) is 24.4. The van der Waals surface area contributed by atoms with Crippen molar-refractivity contribution in [2.24, 2.45) is 11.8 Å². The van der Waals surface area contributed by atoms with Crippen LogP contribution in [0, 0.1) is 11.8 Å². The van der Waals surface area contributed by atoms with Crippen molar-refractivity contribution in [3.63, 3.8) is 0 Å². The van der Waals surface area contributed by atoms with Crippen LogP contribution in [0.4, 0.5) is 0 Å². The number of ether oxygens (including phenoxy) is 1. The molecule has 2 heteroatoms. The Morgan fingerprint density at radius 2 is 1.95 bits per heavy atom. The number of nitrogens with one attached hydrogen (secondary N) is 1. The Morgan fingerprint density at radius 3 is 2.65 bits per heavy atom. The zero-order chi connectivity index (χ0) is 14.4. The molecule has 112 valence electrons. The van der Waals surface area contributed by atoms with Gasteiger partial charge in [0.15, 0.2) is 0 Å².